The molecular weight excluding hydrogens is 280 g/mol. The van der Waals surface area contributed by atoms with E-state index in [9.17, 15) is 4.79 Å². The van der Waals surface area contributed by atoms with Gasteiger partial charge in [0.15, 0.2) is 0 Å². The number of pyridine rings is 1. The SMILES string of the molecule is Cc1cccc(C(=O)N2CCC3(CC2)CC(N(C)C)=NO3)n1. The summed E-state index contributed by atoms with van der Waals surface area (Å²) in [6.07, 6.45) is 2.45. The molecule has 1 amide bonds. The average molecular weight is 302 g/mol. The van der Waals surface area contributed by atoms with Gasteiger partial charge in [0.25, 0.3) is 5.91 Å². The van der Waals surface area contributed by atoms with Crippen molar-refractivity contribution in [1.29, 1.82) is 0 Å². The molecule has 1 aromatic rings. The normalized spacial score (nSPS) is 19.8. The summed E-state index contributed by atoms with van der Waals surface area (Å²) in [6, 6.07) is 5.55. The Kier molecular flexibility index (Phi) is 3.76. The monoisotopic (exact) mass is 302 g/mol. The lowest BCUT2D eigenvalue weighted by molar-refractivity contribution is -0.0569. The molecular formula is C16H22N4O2. The van der Waals surface area contributed by atoms with Crippen LogP contribution in [-0.2, 0) is 4.84 Å². The van der Waals surface area contributed by atoms with Crippen molar-refractivity contribution in [1.82, 2.24) is 14.8 Å². The van der Waals surface area contributed by atoms with Crippen molar-refractivity contribution in [2.45, 2.75) is 31.8 Å². The number of piperidine rings is 1. The Morgan fingerprint density at radius 3 is 2.64 bits per heavy atom. The minimum Gasteiger partial charge on any atom is -0.387 e. The maximum atomic E-state index is 12.5. The lowest BCUT2D eigenvalue weighted by atomic mass is 9.88. The second-order valence-electron chi connectivity index (χ2n) is 6.31. The Balaban J connectivity index is 1.62. The minimum atomic E-state index is -0.226. The van der Waals surface area contributed by atoms with Crippen LogP contribution in [0.15, 0.2) is 23.4 Å². The minimum absolute atomic E-state index is 0.00491. The highest BCUT2D eigenvalue weighted by Gasteiger charge is 2.43. The van der Waals surface area contributed by atoms with Crippen LogP contribution in [0.4, 0.5) is 0 Å². The maximum Gasteiger partial charge on any atom is 0.272 e. The highest BCUT2D eigenvalue weighted by atomic mass is 16.7. The van der Waals surface area contributed by atoms with E-state index < -0.39 is 0 Å². The number of amidine groups is 1. The standard InChI is InChI=1S/C16H22N4O2/c1-12-5-4-6-13(17-12)15(21)20-9-7-16(8-10-20)11-14(18-22-16)19(2)3/h4-6H,7-11H2,1-3H3. The van der Waals surface area contributed by atoms with Crippen LogP contribution in [0.2, 0.25) is 0 Å². The molecule has 1 aromatic heterocycles. The Morgan fingerprint density at radius 2 is 2.05 bits per heavy atom. The third kappa shape index (κ3) is 2.77. The van der Waals surface area contributed by atoms with Crippen LogP contribution in [-0.4, -0.2) is 59.3 Å². The van der Waals surface area contributed by atoms with Crippen molar-refractivity contribution < 1.29 is 9.63 Å². The molecule has 0 bridgehead atoms. The van der Waals surface area contributed by atoms with E-state index in [1.807, 2.05) is 43.0 Å². The summed E-state index contributed by atoms with van der Waals surface area (Å²) < 4.78 is 0. The molecule has 22 heavy (non-hydrogen) atoms. The number of rotatable bonds is 1. The van der Waals surface area contributed by atoms with Gasteiger partial charge in [-0.25, -0.2) is 4.98 Å². The zero-order valence-corrected chi connectivity index (χ0v) is 13.4. The van der Waals surface area contributed by atoms with Crippen molar-refractivity contribution in [3.05, 3.63) is 29.6 Å². The van der Waals surface area contributed by atoms with Gasteiger partial charge >= 0.3 is 0 Å². The summed E-state index contributed by atoms with van der Waals surface area (Å²) in [6.45, 7) is 3.27. The fraction of sp³-hybridized carbons (Fsp3) is 0.562. The molecule has 0 saturated carbocycles. The molecule has 1 spiro atoms. The van der Waals surface area contributed by atoms with Gasteiger partial charge in [0, 0.05) is 45.7 Å². The quantitative estimate of drug-likeness (QED) is 0.791. The van der Waals surface area contributed by atoms with Crippen LogP contribution in [0.1, 0.15) is 35.4 Å². The number of hydrogen-bond acceptors (Lipinski definition) is 5. The summed E-state index contributed by atoms with van der Waals surface area (Å²) >= 11 is 0. The average Bonchev–Trinajstić information content (AvgIpc) is 2.92. The molecule has 3 rings (SSSR count). The number of hydrogen-bond donors (Lipinski definition) is 0. The van der Waals surface area contributed by atoms with E-state index >= 15 is 0 Å². The van der Waals surface area contributed by atoms with Crippen LogP contribution in [0.5, 0.6) is 0 Å². The molecule has 0 aliphatic carbocycles. The van der Waals surface area contributed by atoms with Crippen LogP contribution >= 0.6 is 0 Å². The van der Waals surface area contributed by atoms with Gasteiger partial charge in [0.1, 0.15) is 17.1 Å². The number of amides is 1. The van der Waals surface area contributed by atoms with Gasteiger partial charge < -0.3 is 14.6 Å². The maximum absolute atomic E-state index is 12.5. The molecule has 0 N–H and O–H groups in total. The molecule has 6 nitrogen and oxygen atoms in total. The molecule has 0 unspecified atom stereocenters. The van der Waals surface area contributed by atoms with Crippen molar-refractivity contribution in [3.63, 3.8) is 0 Å². The number of carbonyl (C=O) groups is 1. The Morgan fingerprint density at radius 1 is 1.32 bits per heavy atom. The molecule has 3 heterocycles. The first-order valence-electron chi connectivity index (χ1n) is 7.64. The summed E-state index contributed by atoms with van der Waals surface area (Å²) in [7, 11) is 3.95. The lowest BCUT2D eigenvalue weighted by Gasteiger charge is -2.37. The van der Waals surface area contributed by atoms with Crippen LogP contribution in [0, 0.1) is 6.92 Å². The molecule has 1 fully saturated rings. The van der Waals surface area contributed by atoms with E-state index in [0.717, 1.165) is 30.8 Å². The zero-order chi connectivity index (χ0) is 15.7. The molecule has 2 aliphatic heterocycles. The molecule has 1 saturated heterocycles. The lowest BCUT2D eigenvalue weighted by Crippen LogP contribution is -2.47. The highest BCUT2D eigenvalue weighted by Crippen LogP contribution is 2.35. The topological polar surface area (TPSA) is 58.0 Å². The van der Waals surface area contributed by atoms with Gasteiger partial charge in [0.05, 0.1) is 6.42 Å². The Labute approximate surface area is 130 Å². The van der Waals surface area contributed by atoms with Crippen molar-refractivity contribution in [2.24, 2.45) is 5.16 Å². The number of oxime groups is 1. The highest BCUT2D eigenvalue weighted by molar-refractivity contribution is 5.92. The summed E-state index contributed by atoms with van der Waals surface area (Å²) in [5.74, 6) is 0.977. The van der Waals surface area contributed by atoms with Gasteiger partial charge in [-0.1, -0.05) is 11.2 Å². The molecule has 6 heteroatoms. The molecule has 2 aliphatic rings. The van der Waals surface area contributed by atoms with E-state index in [-0.39, 0.29) is 11.5 Å². The van der Waals surface area contributed by atoms with Gasteiger partial charge in [-0.3, -0.25) is 4.79 Å². The predicted octanol–water partition coefficient (Wildman–Crippen LogP) is 1.66. The summed E-state index contributed by atoms with van der Waals surface area (Å²) in [5.41, 5.74) is 1.16. The first-order chi connectivity index (χ1) is 10.5. The first-order valence-corrected chi connectivity index (χ1v) is 7.64. The van der Waals surface area contributed by atoms with Crippen LogP contribution < -0.4 is 0 Å². The smallest absolute Gasteiger partial charge is 0.272 e. The van der Waals surface area contributed by atoms with E-state index in [0.29, 0.717) is 18.8 Å². The van der Waals surface area contributed by atoms with E-state index in [1.54, 1.807) is 6.07 Å². The van der Waals surface area contributed by atoms with Crippen LogP contribution in [0.3, 0.4) is 0 Å². The second kappa shape index (κ2) is 5.59. The van der Waals surface area contributed by atoms with Gasteiger partial charge in [-0.2, -0.15) is 0 Å². The molecule has 0 aromatic carbocycles. The molecule has 118 valence electrons. The largest absolute Gasteiger partial charge is 0.387 e. The first kappa shape index (κ1) is 14.8. The van der Waals surface area contributed by atoms with Gasteiger partial charge in [-0.15, -0.1) is 0 Å². The number of carbonyl (C=O) groups excluding carboxylic acids is 1. The summed E-state index contributed by atoms with van der Waals surface area (Å²) in [4.78, 5) is 26.4. The van der Waals surface area contributed by atoms with E-state index in [2.05, 4.69) is 10.1 Å². The second-order valence-corrected chi connectivity index (χ2v) is 6.31. The number of aryl methyl sites for hydroxylation is 1. The van der Waals surface area contributed by atoms with Gasteiger partial charge in [0.2, 0.25) is 0 Å². The van der Waals surface area contributed by atoms with E-state index in [4.69, 9.17) is 4.84 Å². The predicted molar refractivity (Wildman–Crippen MR) is 83.7 cm³/mol. The third-order valence-corrected chi connectivity index (χ3v) is 4.41. The Bertz CT molecular complexity index is 604. The zero-order valence-electron chi connectivity index (χ0n) is 13.4. The van der Waals surface area contributed by atoms with Crippen molar-refractivity contribution in [2.75, 3.05) is 27.2 Å². The number of nitrogens with zero attached hydrogens (tertiary/aromatic N) is 4. The van der Waals surface area contributed by atoms with Crippen molar-refractivity contribution in [3.8, 4) is 0 Å². The van der Waals surface area contributed by atoms with Gasteiger partial charge in [-0.05, 0) is 19.1 Å². The van der Waals surface area contributed by atoms with Crippen molar-refractivity contribution >= 4 is 11.7 Å². The summed E-state index contributed by atoms with van der Waals surface area (Å²) in [5, 5.41) is 4.18. The number of aromatic nitrogens is 1. The van der Waals surface area contributed by atoms with Crippen LogP contribution in [0.25, 0.3) is 0 Å². The fourth-order valence-corrected chi connectivity index (χ4v) is 2.95. The molecule has 0 atom stereocenters. The number of likely N-dealkylation sites (tertiary alicyclic amines) is 1. The van der Waals surface area contributed by atoms with E-state index in [1.165, 1.54) is 0 Å². The third-order valence-electron chi connectivity index (χ3n) is 4.41. The fourth-order valence-electron chi connectivity index (χ4n) is 2.95. The Hall–Kier alpha value is -2.11. The molecule has 0 radical (unpaired) electrons.